The second kappa shape index (κ2) is 5.96. The molecule has 3 heteroatoms. The van der Waals surface area contributed by atoms with Crippen molar-refractivity contribution in [1.29, 1.82) is 0 Å². The Balaban J connectivity index is 4.59. The molecule has 0 aromatic heterocycles. The Morgan fingerprint density at radius 3 is 2.12 bits per heavy atom. The van der Waals surface area contributed by atoms with E-state index in [1.165, 1.54) is 0 Å². The van der Waals surface area contributed by atoms with Gasteiger partial charge in [0.2, 0.25) is 0 Å². The predicted molar refractivity (Wildman–Crippen MR) is 72.2 cm³/mol. The van der Waals surface area contributed by atoms with E-state index in [9.17, 15) is 4.79 Å². The van der Waals surface area contributed by atoms with E-state index in [2.05, 4.69) is 47.7 Å². The Hall–Kier alpha value is -0.153. The second-order valence-electron chi connectivity index (χ2n) is 6.20. The normalized spacial score (nSPS) is 16.9. The van der Waals surface area contributed by atoms with Crippen molar-refractivity contribution in [3.8, 4) is 0 Å². The molecule has 0 saturated carbocycles. The van der Waals surface area contributed by atoms with E-state index in [0.717, 1.165) is 12.7 Å². The molecule has 0 radical (unpaired) electrons. The van der Waals surface area contributed by atoms with Gasteiger partial charge < -0.3 is 9.22 Å². The highest BCUT2D eigenvalue weighted by atomic mass is 28.4. The highest BCUT2D eigenvalue weighted by molar-refractivity contribution is 6.74. The zero-order valence-corrected chi connectivity index (χ0v) is 13.0. The summed E-state index contributed by atoms with van der Waals surface area (Å²) < 4.78 is 6.35. The number of hydrogen-bond acceptors (Lipinski definition) is 2. The fourth-order valence-electron chi connectivity index (χ4n) is 1.46. The standard InChI is InChI=1S/C13H28O2Si/c1-8-12(11(2)9-10-14)15-16(6,7)13(3,4)5/h10-12H,8-9H2,1-7H3/t11-,12+/m1/s1. The third kappa shape index (κ3) is 4.38. The molecule has 0 saturated heterocycles. The van der Waals surface area contributed by atoms with Crippen molar-refractivity contribution < 1.29 is 9.22 Å². The lowest BCUT2D eigenvalue weighted by molar-refractivity contribution is -0.109. The summed E-state index contributed by atoms with van der Waals surface area (Å²) in [5.74, 6) is 0.330. The minimum atomic E-state index is -1.70. The molecule has 0 aliphatic rings. The number of hydrogen-bond donors (Lipinski definition) is 0. The molecule has 0 aliphatic heterocycles. The number of carbonyl (C=O) groups is 1. The van der Waals surface area contributed by atoms with Crippen LogP contribution in [-0.4, -0.2) is 20.7 Å². The van der Waals surface area contributed by atoms with Crippen molar-refractivity contribution in [1.82, 2.24) is 0 Å². The molecule has 0 rings (SSSR count). The van der Waals surface area contributed by atoms with Crippen molar-refractivity contribution in [3.05, 3.63) is 0 Å². The average molecular weight is 244 g/mol. The summed E-state index contributed by atoms with van der Waals surface area (Å²) in [7, 11) is -1.70. The van der Waals surface area contributed by atoms with Crippen LogP contribution in [-0.2, 0) is 9.22 Å². The van der Waals surface area contributed by atoms with Crippen LogP contribution in [0, 0.1) is 5.92 Å². The summed E-state index contributed by atoms with van der Waals surface area (Å²) in [6.07, 6.45) is 2.82. The highest BCUT2D eigenvalue weighted by Crippen LogP contribution is 2.38. The van der Waals surface area contributed by atoms with Gasteiger partial charge >= 0.3 is 0 Å². The Morgan fingerprint density at radius 2 is 1.81 bits per heavy atom. The number of rotatable bonds is 6. The summed E-state index contributed by atoms with van der Waals surface area (Å²) in [6, 6.07) is 0. The molecule has 96 valence electrons. The van der Waals surface area contributed by atoms with Crippen LogP contribution < -0.4 is 0 Å². The maximum Gasteiger partial charge on any atom is 0.192 e. The van der Waals surface area contributed by atoms with E-state index >= 15 is 0 Å². The Kier molecular flexibility index (Phi) is 5.91. The Labute approximate surface area is 102 Å². The summed E-state index contributed by atoms with van der Waals surface area (Å²) in [5.41, 5.74) is 0. The summed E-state index contributed by atoms with van der Waals surface area (Å²) >= 11 is 0. The van der Waals surface area contributed by atoms with Crippen LogP contribution in [0.15, 0.2) is 0 Å². The van der Waals surface area contributed by atoms with E-state index in [1.54, 1.807) is 0 Å². The third-order valence-electron chi connectivity index (χ3n) is 3.76. The van der Waals surface area contributed by atoms with Gasteiger partial charge in [-0.3, -0.25) is 0 Å². The molecule has 0 spiro atoms. The van der Waals surface area contributed by atoms with Gasteiger partial charge in [0.05, 0.1) is 0 Å². The van der Waals surface area contributed by atoms with Gasteiger partial charge in [0.15, 0.2) is 8.32 Å². The van der Waals surface area contributed by atoms with Gasteiger partial charge in [0.1, 0.15) is 6.29 Å². The minimum absolute atomic E-state index is 0.228. The molecular weight excluding hydrogens is 216 g/mol. The van der Waals surface area contributed by atoms with Crippen molar-refractivity contribution in [2.45, 2.75) is 71.7 Å². The van der Waals surface area contributed by atoms with E-state index < -0.39 is 8.32 Å². The van der Waals surface area contributed by atoms with Crippen molar-refractivity contribution >= 4 is 14.6 Å². The average Bonchev–Trinajstić information content (AvgIpc) is 2.12. The molecule has 0 amide bonds. The first-order chi connectivity index (χ1) is 7.15. The fraction of sp³-hybridized carbons (Fsp3) is 0.923. The lowest BCUT2D eigenvalue weighted by Gasteiger charge is -2.40. The molecule has 2 atom stereocenters. The molecule has 0 aliphatic carbocycles. The van der Waals surface area contributed by atoms with Crippen LogP contribution in [0.5, 0.6) is 0 Å². The quantitative estimate of drug-likeness (QED) is 0.521. The van der Waals surface area contributed by atoms with E-state index in [-0.39, 0.29) is 11.1 Å². The lowest BCUT2D eigenvalue weighted by Crippen LogP contribution is -2.45. The lowest BCUT2D eigenvalue weighted by atomic mass is 10.0. The molecular formula is C13H28O2Si. The topological polar surface area (TPSA) is 26.3 Å². The molecule has 0 aromatic rings. The number of aldehydes is 1. The minimum Gasteiger partial charge on any atom is -0.414 e. The number of carbonyl (C=O) groups excluding carboxylic acids is 1. The van der Waals surface area contributed by atoms with Crippen LogP contribution >= 0.6 is 0 Å². The van der Waals surface area contributed by atoms with Crippen LogP contribution in [0.1, 0.15) is 47.5 Å². The second-order valence-corrected chi connectivity index (χ2v) is 11.0. The monoisotopic (exact) mass is 244 g/mol. The van der Waals surface area contributed by atoms with Gasteiger partial charge in [0.25, 0.3) is 0 Å². The molecule has 0 N–H and O–H groups in total. The summed E-state index contributed by atoms with van der Waals surface area (Å²) in [6.45, 7) is 15.5. The zero-order valence-electron chi connectivity index (χ0n) is 12.0. The third-order valence-corrected chi connectivity index (χ3v) is 8.26. The predicted octanol–water partition coefficient (Wildman–Crippen LogP) is 4.01. The first-order valence-corrected chi connectivity index (χ1v) is 9.18. The largest absolute Gasteiger partial charge is 0.414 e. The van der Waals surface area contributed by atoms with Gasteiger partial charge in [-0.1, -0.05) is 34.6 Å². The fourth-order valence-corrected chi connectivity index (χ4v) is 2.97. The van der Waals surface area contributed by atoms with Gasteiger partial charge in [-0.25, -0.2) is 0 Å². The SMILES string of the molecule is CC[C@H](O[Si](C)(C)C(C)(C)C)[C@H](C)CC=O. The Morgan fingerprint density at radius 1 is 1.31 bits per heavy atom. The van der Waals surface area contributed by atoms with E-state index in [4.69, 9.17) is 4.43 Å². The maximum absolute atomic E-state index is 10.6. The summed E-state index contributed by atoms with van der Waals surface area (Å²) in [5, 5.41) is 0.237. The molecule has 0 fully saturated rings. The molecule has 16 heavy (non-hydrogen) atoms. The van der Waals surface area contributed by atoms with E-state index in [0.29, 0.717) is 12.3 Å². The molecule has 0 unspecified atom stereocenters. The zero-order chi connectivity index (χ0) is 13.0. The van der Waals surface area contributed by atoms with Crippen molar-refractivity contribution in [3.63, 3.8) is 0 Å². The van der Waals surface area contributed by atoms with Crippen molar-refractivity contribution in [2.24, 2.45) is 5.92 Å². The van der Waals surface area contributed by atoms with Crippen LogP contribution in [0.2, 0.25) is 18.1 Å². The Bertz CT molecular complexity index is 218. The van der Waals surface area contributed by atoms with Gasteiger partial charge in [-0.15, -0.1) is 0 Å². The first-order valence-electron chi connectivity index (χ1n) is 6.27. The van der Waals surface area contributed by atoms with Gasteiger partial charge in [-0.2, -0.15) is 0 Å². The summed E-state index contributed by atoms with van der Waals surface area (Å²) in [4.78, 5) is 10.6. The maximum atomic E-state index is 10.6. The van der Waals surface area contributed by atoms with Gasteiger partial charge in [-0.05, 0) is 30.5 Å². The van der Waals surface area contributed by atoms with Gasteiger partial charge in [0, 0.05) is 12.5 Å². The molecule has 2 nitrogen and oxygen atoms in total. The van der Waals surface area contributed by atoms with Crippen LogP contribution in [0.4, 0.5) is 0 Å². The van der Waals surface area contributed by atoms with Crippen molar-refractivity contribution in [2.75, 3.05) is 0 Å². The first kappa shape index (κ1) is 15.8. The van der Waals surface area contributed by atoms with Crippen LogP contribution in [0.25, 0.3) is 0 Å². The highest BCUT2D eigenvalue weighted by Gasteiger charge is 2.39. The molecule has 0 bridgehead atoms. The van der Waals surface area contributed by atoms with E-state index in [1.807, 2.05) is 0 Å². The molecule has 0 aromatic carbocycles. The molecule has 0 heterocycles. The van der Waals surface area contributed by atoms with Crippen LogP contribution in [0.3, 0.4) is 0 Å². The smallest absolute Gasteiger partial charge is 0.192 e.